The van der Waals surface area contributed by atoms with Crippen LogP contribution in [0.4, 0.5) is 0 Å². The molecule has 0 fully saturated rings. The molecule has 9 heteroatoms. The topological polar surface area (TPSA) is 94.9 Å². The quantitative estimate of drug-likeness (QED) is 0.436. The molecule has 1 amide bonds. The summed E-state index contributed by atoms with van der Waals surface area (Å²) in [7, 11) is 0. The highest BCUT2D eigenvalue weighted by molar-refractivity contribution is 7.99. The normalized spacial score (nSPS) is 10.6. The maximum Gasteiger partial charge on any atom is 0.271 e. The molecule has 2 rings (SSSR count). The summed E-state index contributed by atoms with van der Waals surface area (Å²) in [5, 5.41) is 12.9. The van der Waals surface area contributed by atoms with Gasteiger partial charge in [0.25, 0.3) is 5.95 Å². The molecule has 2 aromatic heterocycles. The van der Waals surface area contributed by atoms with Crippen LogP contribution >= 0.6 is 11.8 Å². The summed E-state index contributed by atoms with van der Waals surface area (Å²) in [6, 6.07) is 1.92. The highest BCUT2D eigenvalue weighted by Crippen LogP contribution is 2.18. The first-order chi connectivity index (χ1) is 11.5. The molecular weight excluding hydrogens is 326 g/mol. The van der Waals surface area contributed by atoms with Gasteiger partial charge in [-0.2, -0.15) is 5.10 Å². The van der Waals surface area contributed by atoms with Crippen molar-refractivity contribution < 1.29 is 4.79 Å². The zero-order valence-corrected chi connectivity index (χ0v) is 14.7. The van der Waals surface area contributed by atoms with Crippen LogP contribution in [-0.4, -0.2) is 54.3 Å². The van der Waals surface area contributed by atoms with Gasteiger partial charge in [-0.05, 0) is 19.9 Å². The molecule has 0 saturated heterocycles. The molecule has 2 heterocycles. The molecular formula is C15H21N7OS. The van der Waals surface area contributed by atoms with Crippen LogP contribution in [-0.2, 0) is 4.79 Å². The maximum atomic E-state index is 12.2. The standard InChI is InChI=1S/C15H21N7OS/c1-5-7-20(8-6-2)13(23)10-24-15-18-17-14(21(15)16)22-12(4)9-11(3)19-22/h5-6,9H,1-2,7-8,10,16H2,3-4H3. The van der Waals surface area contributed by atoms with Gasteiger partial charge in [-0.15, -0.1) is 23.4 Å². The molecule has 0 unspecified atom stereocenters. The molecule has 0 bridgehead atoms. The van der Waals surface area contributed by atoms with E-state index in [2.05, 4.69) is 28.5 Å². The minimum Gasteiger partial charge on any atom is -0.335 e. The predicted octanol–water partition coefficient (Wildman–Crippen LogP) is 1.09. The molecule has 0 radical (unpaired) electrons. The van der Waals surface area contributed by atoms with Crippen LogP contribution in [0, 0.1) is 13.8 Å². The molecule has 0 aromatic carbocycles. The minimum absolute atomic E-state index is 0.0459. The third kappa shape index (κ3) is 3.85. The fourth-order valence-electron chi connectivity index (χ4n) is 2.15. The van der Waals surface area contributed by atoms with E-state index in [0.29, 0.717) is 24.2 Å². The Labute approximate surface area is 145 Å². The van der Waals surface area contributed by atoms with Gasteiger partial charge in [-0.1, -0.05) is 23.9 Å². The third-order valence-electron chi connectivity index (χ3n) is 3.22. The van der Waals surface area contributed by atoms with Crippen LogP contribution in [0.5, 0.6) is 0 Å². The lowest BCUT2D eigenvalue weighted by Crippen LogP contribution is -2.32. The largest absolute Gasteiger partial charge is 0.335 e. The first kappa shape index (κ1) is 17.8. The lowest BCUT2D eigenvalue weighted by atomic mass is 10.4. The van der Waals surface area contributed by atoms with Gasteiger partial charge >= 0.3 is 0 Å². The number of rotatable bonds is 8. The van der Waals surface area contributed by atoms with E-state index in [-0.39, 0.29) is 11.7 Å². The molecule has 0 atom stereocenters. The fraction of sp³-hybridized carbons (Fsp3) is 0.333. The molecule has 0 aliphatic carbocycles. The number of nitrogens with zero attached hydrogens (tertiary/aromatic N) is 6. The van der Waals surface area contributed by atoms with E-state index < -0.39 is 0 Å². The van der Waals surface area contributed by atoms with Gasteiger partial charge in [0, 0.05) is 18.8 Å². The highest BCUT2D eigenvalue weighted by Gasteiger charge is 2.17. The number of aromatic nitrogens is 5. The monoisotopic (exact) mass is 347 g/mol. The Hall–Kier alpha value is -2.55. The zero-order valence-electron chi connectivity index (χ0n) is 13.8. The SMILES string of the molecule is C=CCN(CC=C)C(=O)CSc1nnc(-n2nc(C)cc2C)n1N. The molecule has 0 saturated carbocycles. The number of thioether (sulfide) groups is 1. The van der Waals surface area contributed by atoms with Gasteiger partial charge in [0.2, 0.25) is 11.1 Å². The Balaban J connectivity index is 2.09. The molecule has 24 heavy (non-hydrogen) atoms. The second-order valence-corrected chi connectivity index (χ2v) is 6.10. The van der Waals surface area contributed by atoms with Crippen LogP contribution in [0.25, 0.3) is 5.95 Å². The lowest BCUT2D eigenvalue weighted by molar-refractivity contribution is -0.127. The molecule has 0 aliphatic rings. The van der Waals surface area contributed by atoms with Crippen molar-refractivity contribution in [2.24, 2.45) is 0 Å². The van der Waals surface area contributed by atoms with Crippen molar-refractivity contribution in [3.05, 3.63) is 42.8 Å². The summed E-state index contributed by atoms with van der Waals surface area (Å²) < 4.78 is 2.96. The Morgan fingerprint density at radius 1 is 1.33 bits per heavy atom. The van der Waals surface area contributed by atoms with E-state index >= 15 is 0 Å². The van der Waals surface area contributed by atoms with Crippen molar-refractivity contribution in [1.29, 1.82) is 0 Å². The average molecular weight is 347 g/mol. The summed E-state index contributed by atoms with van der Waals surface area (Å²) in [4.78, 5) is 13.9. The van der Waals surface area contributed by atoms with Gasteiger partial charge in [-0.3, -0.25) is 4.79 Å². The molecule has 2 N–H and O–H groups in total. The number of hydrogen-bond acceptors (Lipinski definition) is 6. The van der Waals surface area contributed by atoms with Crippen molar-refractivity contribution in [3.63, 3.8) is 0 Å². The fourth-order valence-corrected chi connectivity index (χ4v) is 2.91. The van der Waals surface area contributed by atoms with E-state index in [4.69, 9.17) is 5.84 Å². The number of nitrogens with two attached hydrogens (primary N) is 1. The highest BCUT2D eigenvalue weighted by atomic mass is 32.2. The second-order valence-electron chi connectivity index (χ2n) is 5.16. The van der Waals surface area contributed by atoms with E-state index in [9.17, 15) is 4.79 Å². The number of nitrogen functional groups attached to an aromatic ring is 1. The van der Waals surface area contributed by atoms with E-state index in [1.165, 1.54) is 16.4 Å². The van der Waals surface area contributed by atoms with Gasteiger partial charge in [0.1, 0.15) is 0 Å². The number of hydrogen-bond donors (Lipinski definition) is 1. The van der Waals surface area contributed by atoms with Gasteiger partial charge in [-0.25, -0.2) is 9.36 Å². The first-order valence-corrected chi connectivity index (χ1v) is 8.33. The summed E-state index contributed by atoms with van der Waals surface area (Å²) in [6.45, 7) is 12.0. The molecule has 0 aliphatic heterocycles. The van der Waals surface area contributed by atoms with E-state index in [1.54, 1.807) is 21.7 Å². The van der Waals surface area contributed by atoms with Crippen LogP contribution in [0.3, 0.4) is 0 Å². The van der Waals surface area contributed by atoms with Crippen LogP contribution in [0.1, 0.15) is 11.4 Å². The lowest BCUT2D eigenvalue weighted by Gasteiger charge is -2.18. The molecule has 8 nitrogen and oxygen atoms in total. The molecule has 128 valence electrons. The second kappa shape index (κ2) is 7.82. The number of aryl methyl sites for hydroxylation is 2. The number of carbonyl (C=O) groups is 1. The zero-order chi connectivity index (χ0) is 17.7. The summed E-state index contributed by atoms with van der Waals surface area (Å²) >= 11 is 1.23. The van der Waals surface area contributed by atoms with Crippen molar-refractivity contribution in [2.45, 2.75) is 19.0 Å². The molecule has 2 aromatic rings. The maximum absolute atomic E-state index is 12.2. The van der Waals surface area contributed by atoms with Gasteiger partial charge in [0.15, 0.2) is 0 Å². The van der Waals surface area contributed by atoms with Gasteiger partial charge < -0.3 is 10.7 Å². The van der Waals surface area contributed by atoms with Crippen molar-refractivity contribution >= 4 is 17.7 Å². The van der Waals surface area contributed by atoms with Crippen LogP contribution < -0.4 is 5.84 Å². The Morgan fingerprint density at radius 2 is 2.00 bits per heavy atom. The number of amides is 1. The van der Waals surface area contributed by atoms with Crippen molar-refractivity contribution in [1.82, 2.24) is 29.6 Å². The third-order valence-corrected chi connectivity index (χ3v) is 4.15. The Bertz CT molecular complexity index is 739. The predicted molar refractivity (Wildman–Crippen MR) is 94.5 cm³/mol. The first-order valence-electron chi connectivity index (χ1n) is 7.34. The summed E-state index contributed by atoms with van der Waals surface area (Å²) in [5.74, 6) is 6.61. The summed E-state index contributed by atoms with van der Waals surface area (Å²) in [5.41, 5.74) is 1.77. The van der Waals surface area contributed by atoms with Crippen LogP contribution in [0.2, 0.25) is 0 Å². The summed E-state index contributed by atoms with van der Waals surface area (Å²) in [6.07, 6.45) is 3.36. The Morgan fingerprint density at radius 3 is 2.54 bits per heavy atom. The Kier molecular flexibility index (Phi) is 5.80. The van der Waals surface area contributed by atoms with E-state index in [1.807, 2.05) is 19.9 Å². The van der Waals surface area contributed by atoms with Gasteiger partial charge in [0.05, 0.1) is 11.4 Å². The van der Waals surface area contributed by atoms with Crippen LogP contribution in [0.15, 0.2) is 36.5 Å². The van der Waals surface area contributed by atoms with Crippen molar-refractivity contribution in [3.8, 4) is 5.95 Å². The smallest absolute Gasteiger partial charge is 0.271 e. The number of carbonyl (C=O) groups excluding carboxylic acids is 1. The van der Waals surface area contributed by atoms with Crippen molar-refractivity contribution in [2.75, 3.05) is 24.7 Å². The average Bonchev–Trinajstić information content (AvgIpc) is 3.06. The van der Waals surface area contributed by atoms with E-state index in [0.717, 1.165) is 11.4 Å². The molecule has 0 spiro atoms. The minimum atomic E-state index is -0.0459.